The molecule has 1 N–H and O–H groups in total. The fraction of sp³-hybridized carbons (Fsp3) is 0.548. The van der Waals surface area contributed by atoms with E-state index in [1.54, 1.807) is 11.0 Å². The summed E-state index contributed by atoms with van der Waals surface area (Å²) in [5.74, 6) is 0.277. The molecule has 2 fully saturated rings. The third-order valence-electron chi connectivity index (χ3n) is 8.02. The number of urea groups is 1. The molecule has 3 amide bonds. The number of likely N-dealkylation sites (tertiary alicyclic amines) is 2. The lowest BCUT2D eigenvalue weighted by atomic mass is 9.84. The van der Waals surface area contributed by atoms with E-state index in [9.17, 15) is 14.0 Å². The predicted molar refractivity (Wildman–Crippen MR) is 160 cm³/mol. The normalized spacial score (nSPS) is 17.8. The predicted octanol–water partition coefficient (Wildman–Crippen LogP) is 6.00. The van der Waals surface area contributed by atoms with Crippen LogP contribution in [0, 0.1) is 11.7 Å². The topological polar surface area (TPSA) is 55.9 Å². The third kappa shape index (κ3) is 8.11. The largest absolute Gasteiger partial charge is 0.341 e. The van der Waals surface area contributed by atoms with Gasteiger partial charge in [0.1, 0.15) is 11.9 Å². The Hall–Kier alpha value is -2.35. The van der Waals surface area contributed by atoms with Gasteiger partial charge >= 0.3 is 6.03 Å². The van der Waals surface area contributed by atoms with Crippen molar-refractivity contribution in [2.24, 2.45) is 5.92 Å². The minimum Gasteiger partial charge on any atom is -0.341 e. The van der Waals surface area contributed by atoms with Gasteiger partial charge in [-0.3, -0.25) is 4.79 Å². The van der Waals surface area contributed by atoms with Crippen LogP contribution in [0.1, 0.15) is 55.2 Å². The van der Waals surface area contributed by atoms with Crippen LogP contribution < -0.4 is 5.32 Å². The van der Waals surface area contributed by atoms with E-state index < -0.39 is 11.9 Å². The number of carbonyl (C=O) groups is 2. The van der Waals surface area contributed by atoms with E-state index in [2.05, 4.69) is 43.4 Å². The highest BCUT2D eigenvalue weighted by Gasteiger charge is 2.32. The summed E-state index contributed by atoms with van der Waals surface area (Å²) in [5.41, 5.74) is 3.24. The van der Waals surface area contributed by atoms with Crippen LogP contribution in [-0.4, -0.2) is 79.5 Å². The molecular formula is C31H41Cl2FN4O2. The van der Waals surface area contributed by atoms with Crippen LogP contribution in [0.3, 0.4) is 0 Å². The maximum absolute atomic E-state index is 13.8. The smallest absolute Gasteiger partial charge is 0.318 e. The van der Waals surface area contributed by atoms with Crippen molar-refractivity contribution < 1.29 is 14.0 Å². The number of rotatable bonds is 9. The summed E-state index contributed by atoms with van der Waals surface area (Å²) in [6.07, 6.45) is 4.77. The minimum absolute atomic E-state index is 0.123. The van der Waals surface area contributed by atoms with Crippen molar-refractivity contribution in [3.05, 3.63) is 69.0 Å². The monoisotopic (exact) mass is 590 g/mol. The number of piperidine rings is 1. The molecule has 0 saturated carbocycles. The van der Waals surface area contributed by atoms with Gasteiger partial charge in [-0.05, 0) is 99.0 Å². The summed E-state index contributed by atoms with van der Waals surface area (Å²) < 4.78 is 13.7. The molecule has 0 unspecified atom stereocenters. The summed E-state index contributed by atoms with van der Waals surface area (Å²) in [6, 6.07) is 9.37. The zero-order chi connectivity index (χ0) is 28.8. The highest BCUT2D eigenvalue weighted by atomic mass is 35.5. The van der Waals surface area contributed by atoms with Gasteiger partial charge in [0.15, 0.2) is 0 Å². The second-order valence-electron chi connectivity index (χ2n) is 11.7. The van der Waals surface area contributed by atoms with E-state index in [1.165, 1.54) is 23.3 Å². The van der Waals surface area contributed by atoms with Crippen molar-refractivity contribution in [3.8, 4) is 0 Å². The molecule has 218 valence electrons. The first-order valence-corrected chi connectivity index (χ1v) is 15.1. The molecule has 2 aliphatic heterocycles. The quantitative estimate of drug-likeness (QED) is 0.390. The molecule has 40 heavy (non-hydrogen) atoms. The fourth-order valence-electron chi connectivity index (χ4n) is 6.11. The number of halogens is 3. The van der Waals surface area contributed by atoms with E-state index >= 15 is 0 Å². The van der Waals surface area contributed by atoms with Crippen molar-refractivity contribution in [1.82, 2.24) is 20.0 Å². The van der Waals surface area contributed by atoms with E-state index in [0.717, 1.165) is 43.7 Å². The first kappa shape index (κ1) is 30.6. The molecule has 4 rings (SSSR count). The Balaban J connectivity index is 1.45. The first-order chi connectivity index (χ1) is 19.1. The molecule has 2 atom stereocenters. The molecule has 0 aliphatic carbocycles. The summed E-state index contributed by atoms with van der Waals surface area (Å²) in [6.45, 7) is 5.84. The molecule has 2 aliphatic rings. The van der Waals surface area contributed by atoms with Crippen LogP contribution in [-0.2, 0) is 17.6 Å². The number of amides is 3. The molecule has 2 saturated heterocycles. The Morgan fingerprint density at radius 2 is 1.68 bits per heavy atom. The van der Waals surface area contributed by atoms with Crippen LogP contribution in [0.2, 0.25) is 10.0 Å². The molecule has 2 aromatic carbocycles. The Morgan fingerprint density at radius 3 is 2.33 bits per heavy atom. The molecule has 0 radical (unpaired) electrons. The van der Waals surface area contributed by atoms with E-state index in [1.807, 2.05) is 11.0 Å². The van der Waals surface area contributed by atoms with Crippen molar-refractivity contribution in [2.75, 3.05) is 46.8 Å². The second-order valence-corrected chi connectivity index (χ2v) is 12.5. The van der Waals surface area contributed by atoms with E-state index in [0.29, 0.717) is 43.6 Å². The van der Waals surface area contributed by atoms with Crippen LogP contribution in [0.25, 0.3) is 0 Å². The summed E-state index contributed by atoms with van der Waals surface area (Å²) >= 11 is 12.7. The molecule has 0 spiro atoms. The third-order valence-corrected chi connectivity index (χ3v) is 8.61. The number of nitrogens with zero attached hydrogens (tertiary/aromatic N) is 3. The maximum atomic E-state index is 13.8. The standard InChI is InChI=1S/C31H41Cl2FN4O2/c1-21(20-36(2)3)16-24-17-25(32)7-9-27(24)22-10-14-37(15-11-22)30(39)29(35-31(40)38-12-4-5-13-38)18-23-6-8-26(34)19-28(23)33/h6-9,17,19,21-22,29H,4-5,10-16,18,20H2,1-3H3,(H,35,40)/t21-,29-/m1/s1. The lowest BCUT2D eigenvalue weighted by molar-refractivity contribution is -0.134. The van der Waals surface area contributed by atoms with Crippen LogP contribution in [0.5, 0.6) is 0 Å². The van der Waals surface area contributed by atoms with Crippen molar-refractivity contribution in [3.63, 3.8) is 0 Å². The highest BCUT2D eigenvalue weighted by molar-refractivity contribution is 6.31. The number of benzene rings is 2. The van der Waals surface area contributed by atoms with E-state index in [4.69, 9.17) is 23.2 Å². The van der Waals surface area contributed by atoms with Gasteiger partial charge in [-0.15, -0.1) is 0 Å². The van der Waals surface area contributed by atoms with Crippen molar-refractivity contribution in [2.45, 2.75) is 57.4 Å². The Morgan fingerprint density at radius 1 is 0.975 bits per heavy atom. The molecular weight excluding hydrogens is 550 g/mol. The van der Waals surface area contributed by atoms with Gasteiger partial charge in [0.2, 0.25) is 5.91 Å². The highest BCUT2D eigenvalue weighted by Crippen LogP contribution is 2.33. The zero-order valence-electron chi connectivity index (χ0n) is 23.8. The molecule has 0 bridgehead atoms. The fourth-order valence-corrected chi connectivity index (χ4v) is 6.55. The SMILES string of the molecule is C[C@H](Cc1cc(Cl)ccc1C1CCN(C(=O)[C@@H](Cc2ccc(F)cc2Cl)NC(=O)N2CCCC2)CC1)CN(C)C. The molecule has 6 nitrogen and oxygen atoms in total. The lowest BCUT2D eigenvalue weighted by Gasteiger charge is -2.36. The van der Waals surface area contributed by atoms with Gasteiger partial charge in [0, 0.05) is 49.2 Å². The van der Waals surface area contributed by atoms with Gasteiger partial charge in [-0.2, -0.15) is 0 Å². The van der Waals surface area contributed by atoms with Gasteiger partial charge in [0.05, 0.1) is 0 Å². The van der Waals surface area contributed by atoms with Gasteiger partial charge < -0.3 is 20.0 Å². The summed E-state index contributed by atoms with van der Waals surface area (Å²) in [4.78, 5) is 32.6. The number of carbonyl (C=O) groups excluding carboxylic acids is 2. The Bertz CT molecular complexity index is 1180. The number of hydrogen-bond donors (Lipinski definition) is 1. The average molecular weight is 592 g/mol. The number of hydrogen-bond acceptors (Lipinski definition) is 3. The molecule has 0 aromatic heterocycles. The minimum atomic E-state index is -0.773. The molecule has 2 heterocycles. The Kier molecular flexibility index (Phi) is 10.7. The van der Waals surface area contributed by atoms with Crippen LogP contribution >= 0.6 is 23.2 Å². The van der Waals surface area contributed by atoms with Crippen LogP contribution in [0.4, 0.5) is 9.18 Å². The van der Waals surface area contributed by atoms with Crippen molar-refractivity contribution in [1.29, 1.82) is 0 Å². The average Bonchev–Trinajstić information content (AvgIpc) is 3.44. The molecule has 9 heteroatoms. The van der Waals surface area contributed by atoms with E-state index in [-0.39, 0.29) is 23.4 Å². The zero-order valence-corrected chi connectivity index (χ0v) is 25.3. The number of nitrogens with one attached hydrogen (secondary N) is 1. The summed E-state index contributed by atoms with van der Waals surface area (Å²) in [5, 5.41) is 3.97. The van der Waals surface area contributed by atoms with Crippen LogP contribution in [0.15, 0.2) is 36.4 Å². The summed E-state index contributed by atoms with van der Waals surface area (Å²) in [7, 11) is 4.18. The maximum Gasteiger partial charge on any atom is 0.318 e. The Labute approximate surface area is 247 Å². The van der Waals surface area contributed by atoms with Gasteiger partial charge in [-0.25, -0.2) is 9.18 Å². The molecule has 2 aromatic rings. The first-order valence-electron chi connectivity index (χ1n) is 14.3. The van der Waals surface area contributed by atoms with Crippen molar-refractivity contribution >= 4 is 35.1 Å². The second kappa shape index (κ2) is 14.0. The van der Waals surface area contributed by atoms with Gasteiger partial charge in [-0.1, -0.05) is 42.3 Å². The van der Waals surface area contributed by atoms with Gasteiger partial charge in [0.25, 0.3) is 0 Å². The lowest BCUT2D eigenvalue weighted by Crippen LogP contribution is -2.54.